The van der Waals surface area contributed by atoms with Crippen LogP contribution in [0.1, 0.15) is 39.1 Å². The van der Waals surface area contributed by atoms with Crippen LogP contribution in [0.3, 0.4) is 0 Å². The molecule has 2 amide bonds. The van der Waals surface area contributed by atoms with Crippen LogP contribution < -0.4 is 4.90 Å². The molecule has 1 spiro atoms. The lowest BCUT2D eigenvalue weighted by Gasteiger charge is -2.38. The molecule has 6 nitrogen and oxygen atoms in total. The highest BCUT2D eigenvalue weighted by Crippen LogP contribution is 2.47. The number of ether oxygens (including phenoxy) is 1. The van der Waals surface area contributed by atoms with Gasteiger partial charge < -0.3 is 14.5 Å². The van der Waals surface area contributed by atoms with E-state index in [0.29, 0.717) is 37.1 Å². The number of anilines is 1. The first kappa shape index (κ1) is 18.2. The molecular formula is C22H22N2O4. The molecule has 0 N–H and O–H groups in total. The molecule has 0 bridgehead atoms. The Hall–Kier alpha value is -3.15. The Morgan fingerprint density at radius 1 is 1.00 bits per heavy atom. The van der Waals surface area contributed by atoms with E-state index < -0.39 is 11.4 Å². The average molecular weight is 378 g/mol. The number of fused-ring (bicyclic) bond motifs is 2. The second kappa shape index (κ2) is 6.78. The van der Waals surface area contributed by atoms with E-state index in [-0.39, 0.29) is 11.8 Å². The number of methoxy groups -OCH3 is 1. The van der Waals surface area contributed by atoms with E-state index >= 15 is 0 Å². The van der Waals surface area contributed by atoms with Crippen molar-refractivity contribution in [3.63, 3.8) is 0 Å². The van der Waals surface area contributed by atoms with Gasteiger partial charge in [-0.3, -0.25) is 9.59 Å². The van der Waals surface area contributed by atoms with Crippen molar-refractivity contribution in [2.45, 2.75) is 18.3 Å². The van der Waals surface area contributed by atoms with Crippen molar-refractivity contribution in [1.82, 2.24) is 4.90 Å². The fraction of sp³-hybridized carbons (Fsp3) is 0.318. The predicted molar refractivity (Wildman–Crippen MR) is 104 cm³/mol. The summed E-state index contributed by atoms with van der Waals surface area (Å²) in [6.45, 7) is 0.990. The molecule has 1 saturated heterocycles. The van der Waals surface area contributed by atoms with Crippen molar-refractivity contribution in [3.8, 4) is 0 Å². The molecule has 2 aliphatic rings. The Bertz CT molecular complexity index is 961. The summed E-state index contributed by atoms with van der Waals surface area (Å²) in [5.74, 6) is -0.496. The fourth-order valence-corrected chi connectivity index (χ4v) is 4.37. The first-order valence-electron chi connectivity index (χ1n) is 9.33. The van der Waals surface area contributed by atoms with Gasteiger partial charge in [-0.05, 0) is 42.7 Å². The summed E-state index contributed by atoms with van der Waals surface area (Å²) in [4.78, 5) is 41.2. The number of rotatable bonds is 2. The third-order valence-corrected chi connectivity index (χ3v) is 5.93. The maximum Gasteiger partial charge on any atom is 0.337 e. The molecule has 2 aromatic rings. The number of piperidine rings is 1. The summed E-state index contributed by atoms with van der Waals surface area (Å²) in [6.07, 6.45) is 1.19. The molecule has 144 valence electrons. The molecule has 0 saturated carbocycles. The zero-order chi connectivity index (χ0) is 19.9. The fourth-order valence-electron chi connectivity index (χ4n) is 4.37. The van der Waals surface area contributed by atoms with Crippen molar-refractivity contribution >= 4 is 23.5 Å². The number of carbonyl (C=O) groups is 3. The highest BCUT2D eigenvalue weighted by Gasteiger charge is 2.51. The average Bonchev–Trinajstić information content (AvgIpc) is 2.96. The molecule has 2 aliphatic heterocycles. The Balaban J connectivity index is 1.54. The minimum atomic E-state index is -0.546. The van der Waals surface area contributed by atoms with E-state index in [2.05, 4.69) is 0 Å². The van der Waals surface area contributed by atoms with Gasteiger partial charge in [-0.1, -0.05) is 24.3 Å². The van der Waals surface area contributed by atoms with Crippen LogP contribution in [-0.2, 0) is 14.9 Å². The summed E-state index contributed by atoms with van der Waals surface area (Å²) < 4.78 is 4.73. The quantitative estimate of drug-likeness (QED) is 0.754. The minimum Gasteiger partial charge on any atom is -0.465 e. The second-order valence-electron chi connectivity index (χ2n) is 7.33. The molecule has 0 aromatic heterocycles. The van der Waals surface area contributed by atoms with Crippen molar-refractivity contribution in [2.75, 3.05) is 32.1 Å². The lowest BCUT2D eigenvalue weighted by molar-refractivity contribution is -0.124. The van der Waals surface area contributed by atoms with Gasteiger partial charge in [-0.15, -0.1) is 0 Å². The Morgan fingerprint density at radius 2 is 1.68 bits per heavy atom. The van der Waals surface area contributed by atoms with Gasteiger partial charge in [0.2, 0.25) is 5.91 Å². The summed E-state index contributed by atoms with van der Waals surface area (Å²) in [7, 11) is 3.13. The van der Waals surface area contributed by atoms with Crippen molar-refractivity contribution < 1.29 is 19.1 Å². The van der Waals surface area contributed by atoms with Crippen molar-refractivity contribution in [1.29, 1.82) is 0 Å². The van der Waals surface area contributed by atoms with E-state index in [1.165, 1.54) is 7.11 Å². The smallest absolute Gasteiger partial charge is 0.337 e. The molecule has 0 unspecified atom stereocenters. The largest absolute Gasteiger partial charge is 0.465 e. The van der Waals surface area contributed by atoms with E-state index in [1.807, 2.05) is 31.3 Å². The number of nitrogens with zero attached hydrogens (tertiary/aromatic N) is 2. The van der Waals surface area contributed by atoms with Gasteiger partial charge in [-0.25, -0.2) is 4.79 Å². The van der Waals surface area contributed by atoms with E-state index in [4.69, 9.17) is 4.74 Å². The number of carbonyl (C=O) groups excluding carboxylic acids is 3. The maximum absolute atomic E-state index is 13.0. The number of esters is 1. The van der Waals surface area contributed by atoms with Gasteiger partial charge >= 0.3 is 5.97 Å². The number of hydrogen-bond acceptors (Lipinski definition) is 4. The summed E-state index contributed by atoms with van der Waals surface area (Å²) >= 11 is 0. The first-order chi connectivity index (χ1) is 13.5. The molecule has 0 radical (unpaired) electrons. The zero-order valence-corrected chi connectivity index (χ0v) is 16.0. The Morgan fingerprint density at radius 3 is 2.39 bits per heavy atom. The standard InChI is InChI=1S/C22H22N2O4/c1-23-18-9-4-3-8-17(18)22(21(23)27)10-12-24(13-11-22)19(25)15-6-5-7-16(14-15)20(26)28-2/h3-9,14H,10-13H2,1-2H3. The van der Waals surface area contributed by atoms with E-state index in [1.54, 1.807) is 34.1 Å². The van der Waals surface area contributed by atoms with E-state index in [0.717, 1.165) is 11.3 Å². The third kappa shape index (κ3) is 2.68. The molecule has 0 atom stereocenters. The lowest BCUT2D eigenvalue weighted by atomic mass is 9.73. The normalized spacial score (nSPS) is 17.6. The SMILES string of the molecule is COC(=O)c1cccc(C(=O)N2CCC3(CC2)C(=O)N(C)c2ccccc23)c1. The molecule has 6 heteroatoms. The predicted octanol–water partition coefficient (Wildman–Crippen LogP) is 2.62. The summed E-state index contributed by atoms with van der Waals surface area (Å²) in [5.41, 5.74) is 2.27. The Kier molecular flexibility index (Phi) is 4.41. The van der Waals surface area contributed by atoms with E-state index in [9.17, 15) is 14.4 Å². The van der Waals surface area contributed by atoms with Gasteiger partial charge in [0.15, 0.2) is 0 Å². The van der Waals surface area contributed by atoms with Gasteiger partial charge in [0.05, 0.1) is 18.1 Å². The molecule has 2 aromatic carbocycles. The molecule has 2 heterocycles. The van der Waals surface area contributed by atoms with Crippen molar-refractivity contribution in [2.24, 2.45) is 0 Å². The highest BCUT2D eigenvalue weighted by atomic mass is 16.5. The number of likely N-dealkylation sites (tertiary alicyclic amines) is 1. The molecule has 1 fully saturated rings. The molecular weight excluding hydrogens is 356 g/mol. The number of para-hydroxylation sites is 1. The second-order valence-corrected chi connectivity index (χ2v) is 7.33. The summed E-state index contributed by atoms with van der Waals surface area (Å²) in [6, 6.07) is 14.4. The van der Waals surface area contributed by atoms with Crippen molar-refractivity contribution in [3.05, 3.63) is 65.2 Å². The van der Waals surface area contributed by atoms with Crippen LogP contribution in [0.5, 0.6) is 0 Å². The molecule has 0 aliphatic carbocycles. The van der Waals surface area contributed by atoms with Gasteiger partial charge in [0.1, 0.15) is 0 Å². The molecule has 28 heavy (non-hydrogen) atoms. The zero-order valence-electron chi connectivity index (χ0n) is 16.0. The van der Waals surface area contributed by atoms with Crippen LogP contribution in [0, 0.1) is 0 Å². The number of amides is 2. The summed E-state index contributed by atoms with van der Waals surface area (Å²) in [5, 5.41) is 0. The Labute approximate surface area is 163 Å². The number of benzene rings is 2. The lowest BCUT2D eigenvalue weighted by Crippen LogP contribution is -2.49. The van der Waals surface area contributed by atoms with Gasteiger partial charge in [0.25, 0.3) is 5.91 Å². The van der Waals surface area contributed by atoms with Crippen LogP contribution in [0.4, 0.5) is 5.69 Å². The monoisotopic (exact) mass is 378 g/mol. The van der Waals surface area contributed by atoms with Gasteiger partial charge in [-0.2, -0.15) is 0 Å². The topological polar surface area (TPSA) is 66.9 Å². The number of hydrogen-bond donors (Lipinski definition) is 0. The first-order valence-corrected chi connectivity index (χ1v) is 9.33. The van der Waals surface area contributed by atoms with Crippen LogP contribution in [0.2, 0.25) is 0 Å². The third-order valence-electron chi connectivity index (χ3n) is 5.93. The highest BCUT2D eigenvalue weighted by molar-refractivity contribution is 6.08. The van der Waals surface area contributed by atoms with Crippen LogP contribution >= 0.6 is 0 Å². The van der Waals surface area contributed by atoms with Crippen LogP contribution in [-0.4, -0.2) is 49.9 Å². The number of likely N-dealkylation sites (N-methyl/N-ethyl adjacent to an activating group) is 1. The molecule has 4 rings (SSSR count). The van der Waals surface area contributed by atoms with Crippen LogP contribution in [0.25, 0.3) is 0 Å². The van der Waals surface area contributed by atoms with Crippen LogP contribution in [0.15, 0.2) is 48.5 Å². The minimum absolute atomic E-state index is 0.105. The maximum atomic E-state index is 13.0. The van der Waals surface area contributed by atoms with Gasteiger partial charge in [0, 0.05) is 31.4 Å².